The Hall–Kier alpha value is -2.12. The van der Waals surface area contributed by atoms with Crippen LogP contribution >= 0.6 is 0 Å². The lowest BCUT2D eigenvalue weighted by Crippen LogP contribution is -2.06. The second-order valence-corrected chi connectivity index (χ2v) is 6.81. The zero-order valence-corrected chi connectivity index (χ0v) is 12.2. The van der Waals surface area contributed by atoms with Crippen LogP contribution in [0.3, 0.4) is 0 Å². The minimum Gasteiger partial charge on any atom is -0.223 e. The lowest BCUT2D eigenvalue weighted by Gasteiger charge is -2.08. The van der Waals surface area contributed by atoms with Crippen molar-refractivity contribution < 1.29 is 8.42 Å². The van der Waals surface area contributed by atoms with E-state index in [1.165, 1.54) is 0 Å². The number of hydrogen-bond acceptors (Lipinski definition) is 3. The molecule has 0 amide bonds. The first-order chi connectivity index (χ1) is 9.42. The molecule has 0 aliphatic heterocycles. The molecule has 0 aliphatic rings. The molecule has 102 valence electrons. The minimum absolute atomic E-state index is 0.0480. The molecule has 0 fully saturated rings. The van der Waals surface area contributed by atoms with Gasteiger partial charge in [-0.1, -0.05) is 23.8 Å². The number of sulfone groups is 1. The lowest BCUT2D eigenvalue weighted by atomic mass is 10.1. The molecular formula is C16H15NO2S. The van der Waals surface area contributed by atoms with E-state index in [9.17, 15) is 8.42 Å². The number of nitriles is 1. The van der Waals surface area contributed by atoms with Gasteiger partial charge in [0, 0.05) is 0 Å². The number of rotatable bonds is 3. The van der Waals surface area contributed by atoms with Gasteiger partial charge in [0.1, 0.15) is 0 Å². The van der Waals surface area contributed by atoms with Gasteiger partial charge in [-0.2, -0.15) is 5.26 Å². The largest absolute Gasteiger partial charge is 0.223 e. The number of hydrogen-bond donors (Lipinski definition) is 0. The van der Waals surface area contributed by atoms with Gasteiger partial charge in [-0.25, -0.2) is 8.42 Å². The average Bonchev–Trinajstić information content (AvgIpc) is 2.41. The number of aryl methyl sites for hydroxylation is 2. The van der Waals surface area contributed by atoms with Crippen LogP contribution in [0.25, 0.3) is 0 Å². The molecule has 0 N–H and O–H groups in total. The topological polar surface area (TPSA) is 57.9 Å². The highest BCUT2D eigenvalue weighted by Gasteiger charge is 2.16. The molecule has 2 aromatic carbocycles. The Balaban J connectivity index is 2.34. The Kier molecular flexibility index (Phi) is 3.91. The van der Waals surface area contributed by atoms with Crippen molar-refractivity contribution in [3.8, 4) is 6.07 Å². The highest BCUT2D eigenvalue weighted by Crippen LogP contribution is 2.20. The van der Waals surface area contributed by atoms with Crippen molar-refractivity contribution in [1.29, 1.82) is 5.26 Å². The summed E-state index contributed by atoms with van der Waals surface area (Å²) in [4.78, 5) is 0.326. The zero-order chi connectivity index (χ0) is 14.8. The van der Waals surface area contributed by atoms with E-state index in [-0.39, 0.29) is 5.75 Å². The van der Waals surface area contributed by atoms with Gasteiger partial charge in [-0.05, 0) is 49.2 Å². The fourth-order valence-corrected chi connectivity index (χ4v) is 3.41. The molecule has 0 atom stereocenters. The monoisotopic (exact) mass is 285 g/mol. The van der Waals surface area contributed by atoms with Crippen LogP contribution in [-0.4, -0.2) is 8.42 Å². The summed E-state index contributed by atoms with van der Waals surface area (Å²) >= 11 is 0. The number of nitrogens with zero attached hydrogens (tertiary/aromatic N) is 1. The van der Waals surface area contributed by atoms with Gasteiger partial charge in [0.15, 0.2) is 9.84 Å². The molecule has 0 bridgehead atoms. The summed E-state index contributed by atoms with van der Waals surface area (Å²) in [6, 6.07) is 13.9. The van der Waals surface area contributed by atoms with Crippen molar-refractivity contribution in [1.82, 2.24) is 0 Å². The van der Waals surface area contributed by atoms with Crippen LogP contribution in [0.1, 0.15) is 22.3 Å². The quantitative estimate of drug-likeness (QED) is 0.870. The highest BCUT2D eigenvalue weighted by molar-refractivity contribution is 7.90. The third-order valence-corrected chi connectivity index (χ3v) is 4.88. The van der Waals surface area contributed by atoms with Crippen molar-refractivity contribution in [2.75, 3.05) is 0 Å². The van der Waals surface area contributed by atoms with Crippen molar-refractivity contribution in [3.05, 3.63) is 64.7 Å². The van der Waals surface area contributed by atoms with E-state index in [2.05, 4.69) is 0 Å². The molecule has 0 radical (unpaired) electrons. The predicted molar refractivity (Wildman–Crippen MR) is 78.0 cm³/mol. The molecule has 2 aromatic rings. The van der Waals surface area contributed by atoms with Crippen LogP contribution < -0.4 is 0 Å². The van der Waals surface area contributed by atoms with E-state index in [0.717, 1.165) is 16.7 Å². The van der Waals surface area contributed by atoms with Crippen LogP contribution in [0.5, 0.6) is 0 Å². The average molecular weight is 285 g/mol. The Morgan fingerprint density at radius 1 is 1.05 bits per heavy atom. The standard InChI is InChI=1S/C16H15NO2S/c1-12-3-7-16(8-4-12)20(18,19)11-15-6-5-14(10-17)9-13(15)2/h3-9H,11H2,1-2H3. The third-order valence-electron chi connectivity index (χ3n) is 3.20. The molecule has 0 saturated carbocycles. The summed E-state index contributed by atoms with van der Waals surface area (Å²) in [5.41, 5.74) is 3.11. The Bertz CT molecular complexity index is 769. The van der Waals surface area contributed by atoms with Gasteiger partial charge in [0.25, 0.3) is 0 Å². The second kappa shape index (κ2) is 5.48. The first-order valence-electron chi connectivity index (χ1n) is 6.21. The third kappa shape index (κ3) is 3.06. The van der Waals surface area contributed by atoms with Gasteiger partial charge in [-0.15, -0.1) is 0 Å². The fourth-order valence-electron chi connectivity index (χ4n) is 1.96. The summed E-state index contributed by atoms with van der Waals surface area (Å²) in [7, 11) is -3.36. The summed E-state index contributed by atoms with van der Waals surface area (Å²) in [6.07, 6.45) is 0. The van der Waals surface area contributed by atoms with E-state index in [1.807, 2.05) is 19.9 Å². The van der Waals surface area contributed by atoms with Gasteiger partial charge in [-0.3, -0.25) is 0 Å². The van der Waals surface area contributed by atoms with Crippen molar-refractivity contribution in [3.63, 3.8) is 0 Å². The molecule has 4 heteroatoms. The molecular weight excluding hydrogens is 270 g/mol. The van der Waals surface area contributed by atoms with E-state index >= 15 is 0 Å². The normalized spacial score (nSPS) is 11.1. The molecule has 20 heavy (non-hydrogen) atoms. The Morgan fingerprint density at radius 3 is 2.25 bits per heavy atom. The Labute approximate surface area is 119 Å². The molecule has 3 nitrogen and oxygen atoms in total. The molecule has 0 saturated heterocycles. The predicted octanol–water partition coefficient (Wildman–Crippen LogP) is 3.15. The van der Waals surface area contributed by atoms with Gasteiger partial charge < -0.3 is 0 Å². The maximum atomic E-state index is 12.4. The molecule has 0 unspecified atom stereocenters. The fraction of sp³-hybridized carbons (Fsp3) is 0.188. The van der Waals surface area contributed by atoms with E-state index in [0.29, 0.717) is 10.5 Å². The number of benzene rings is 2. The van der Waals surface area contributed by atoms with Crippen LogP contribution in [0.15, 0.2) is 47.4 Å². The van der Waals surface area contributed by atoms with Crippen LogP contribution in [0, 0.1) is 25.2 Å². The van der Waals surface area contributed by atoms with Crippen LogP contribution in [0.2, 0.25) is 0 Å². The summed E-state index contributed by atoms with van der Waals surface area (Å²) in [6.45, 7) is 3.74. The van der Waals surface area contributed by atoms with Gasteiger partial charge in [0.2, 0.25) is 0 Å². The van der Waals surface area contributed by atoms with Crippen LogP contribution in [0.4, 0.5) is 0 Å². The summed E-state index contributed by atoms with van der Waals surface area (Å²) in [5.74, 6) is -0.0480. The highest BCUT2D eigenvalue weighted by atomic mass is 32.2. The molecule has 0 aliphatic carbocycles. The van der Waals surface area contributed by atoms with Crippen molar-refractivity contribution in [2.24, 2.45) is 0 Å². The first kappa shape index (κ1) is 14.3. The summed E-state index contributed by atoms with van der Waals surface area (Å²) < 4.78 is 24.7. The lowest BCUT2D eigenvalue weighted by molar-refractivity contribution is 0.595. The van der Waals surface area contributed by atoms with Crippen molar-refractivity contribution >= 4 is 9.84 Å². The molecule has 0 spiro atoms. The molecule has 0 heterocycles. The SMILES string of the molecule is Cc1ccc(S(=O)(=O)Cc2ccc(C#N)cc2C)cc1. The molecule has 0 aromatic heterocycles. The smallest absolute Gasteiger partial charge is 0.182 e. The van der Waals surface area contributed by atoms with E-state index < -0.39 is 9.84 Å². The maximum Gasteiger partial charge on any atom is 0.182 e. The van der Waals surface area contributed by atoms with Crippen molar-refractivity contribution in [2.45, 2.75) is 24.5 Å². The van der Waals surface area contributed by atoms with Gasteiger partial charge >= 0.3 is 0 Å². The van der Waals surface area contributed by atoms with Crippen LogP contribution in [-0.2, 0) is 15.6 Å². The second-order valence-electron chi connectivity index (χ2n) is 4.83. The maximum absolute atomic E-state index is 12.4. The van der Waals surface area contributed by atoms with Gasteiger partial charge in [0.05, 0.1) is 22.3 Å². The van der Waals surface area contributed by atoms with E-state index in [4.69, 9.17) is 5.26 Å². The molecule has 2 rings (SSSR count). The first-order valence-corrected chi connectivity index (χ1v) is 7.86. The van der Waals surface area contributed by atoms with E-state index in [1.54, 1.807) is 42.5 Å². The zero-order valence-electron chi connectivity index (χ0n) is 11.4. The Morgan fingerprint density at radius 2 is 1.70 bits per heavy atom. The summed E-state index contributed by atoms with van der Waals surface area (Å²) in [5, 5.41) is 8.82. The minimum atomic E-state index is -3.36.